The highest BCUT2D eigenvalue weighted by Gasteiger charge is 2.35. The summed E-state index contributed by atoms with van der Waals surface area (Å²) in [6.45, 7) is 0. The molecule has 0 bridgehead atoms. The molecule has 7 heteroatoms. The fourth-order valence-electron chi connectivity index (χ4n) is 3.49. The van der Waals surface area contributed by atoms with Crippen LogP contribution < -0.4 is 5.32 Å². The number of ketones is 1. The van der Waals surface area contributed by atoms with Gasteiger partial charge in [-0.25, -0.2) is 4.39 Å². The van der Waals surface area contributed by atoms with Crippen molar-refractivity contribution in [1.82, 2.24) is 9.78 Å². The number of hydrogen-bond donors (Lipinski definition) is 1. The molecule has 0 fully saturated rings. The summed E-state index contributed by atoms with van der Waals surface area (Å²) in [6.07, 6.45) is 0.401. The van der Waals surface area contributed by atoms with Gasteiger partial charge in [0.15, 0.2) is 5.92 Å². The predicted octanol–water partition coefficient (Wildman–Crippen LogP) is 3.09. The van der Waals surface area contributed by atoms with Crippen LogP contribution in [0.1, 0.15) is 21.6 Å². The number of carbonyl (C=O) groups excluding carboxylic acids is 2. The first-order valence-electron chi connectivity index (χ1n) is 8.64. The van der Waals surface area contributed by atoms with Crippen LogP contribution in [0.3, 0.4) is 0 Å². The van der Waals surface area contributed by atoms with Crippen molar-refractivity contribution in [1.29, 1.82) is 5.26 Å². The van der Waals surface area contributed by atoms with Gasteiger partial charge < -0.3 is 5.32 Å². The van der Waals surface area contributed by atoms with Crippen molar-refractivity contribution in [3.8, 4) is 17.3 Å². The molecular formula is C21H15FN4O2. The summed E-state index contributed by atoms with van der Waals surface area (Å²) in [5.41, 5.74) is 3.37. The number of Topliss-reactive ketones (excluding diaryl/α,β-unsaturated/α-hetero) is 1. The molecule has 3 aromatic rings. The second-order valence-electron chi connectivity index (χ2n) is 6.56. The van der Waals surface area contributed by atoms with E-state index in [1.54, 1.807) is 49.5 Å². The second kappa shape index (κ2) is 6.74. The van der Waals surface area contributed by atoms with Gasteiger partial charge in [-0.1, -0.05) is 24.3 Å². The van der Waals surface area contributed by atoms with Crippen molar-refractivity contribution >= 4 is 17.4 Å². The lowest BCUT2D eigenvalue weighted by Crippen LogP contribution is -2.29. The Balaban J connectivity index is 1.66. The molecule has 1 N–H and O–H groups in total. The Labute approximate surface area is 160 Å². The minimum atomic E-state index is -1.53. The van der Waals surface area contributed by atoms with E-state index < -0.39 is 17.6 Å². The lowest BCUT2D eigenvalue weighted by molar-refractivity contribution is -0.117. The van der Waals surface area contributed by atoms with E-state index in [0.717, 1.165) is 5.56 Å². The maximum atomic E-state index is 13.7. The third kappa shape index (κ3) is 2.85. The van der Waals surface area contributed by atoms with Crippen LogP contribution in [0.2, 0.25) is 0 Å². The molecule has 1 aliphatic rings. The number of halogens is 1. The Bertz CT molecular complexity index is 1150. The number of fused-ring (bicyclic) bond motifs is 3. The Hall–Kier alpha value is -3.79. The zero-order valence-electron chi connectivity index (χ0n) is 14.9. The van der Waals surface area contributed by atoms with E-state index in [-0.39, 0.29) is 11.5 Å². The Morgan fingerprint density at radius 2 is 2.00 bits per heavy atom. The number of para-hydroxylation sites is 1. The van der Waals surface area contributed by atoms with Gasteiger partial charge in [-0.05, 0) is 29.8 Å². The van der Waals surface area contributed by atoms with E-state index >= 15 is 0 Å². The number of nitriles is 1. The van der Waals surface area contributed by atoms with Crippen LogP contribution in [0.5, 0.6) is 0 Å². The van der Waals surface area contributed by atoms with Gasteiger partial charge in [0.2, 0.25) is 11.7 Å². The molecule has 1 heterocycles. The van der Waals surface area contributed by atoms with E-state index in [9.17, 15) is 19.2 Å². The molecule has 4 rings (SSSR count). The average Bonchev–Trinajstić information content (AvgIpc) is 3.20. The summed E-state index contributed by atoms with van der Waals surface area (Å²) in [5, 5.41) is 16.3. The molecule has 1 atom stereocenters. The van der Waals surface area contributed by atoms with Crippen molar-refractivity contribution in [3.05, 3.63) is 71.2 Å². The van der Waals surface area contributed by atoms with E-state index in [2.05, 4.69) is 10.4 Å². The molecule has 1 amide bonds. The quantitative estimate of drug-likeness (QED) is 0.439. The monoisotopic (exact) mass is 374 g/mol. The smallest absolute Gasteiger partial charge is 0.249 e. The first-order valence-corrected chi connectivity index (χ1v) is 8.64. The van der Waals surface area contributed by atoms with Crippen LogP contribution in [0.15, 0.2) is 48.5 Å². The largest absolute Gasteiger partial charge is 0.325 e. The fourth-order valence-corrected chi connectivity index (χ4v) is 3.49. The molecule has 1 aromatic heterocycles. The van der Waals surface area contributed by atoms with Crippen LogP contribution in [0.25, 0.3) is 11.3 Å². The zero-order chi connectivity index (χ0) is 19.8. The number of nitrogens with one attached hydrogen (secondary N) is 1. The lowest BCUT2D eigenvalue weighted by atomic mass is 9.98. The third-order valence-corrected chi connectivity index (χ3v) is 4.77. The molecule has 1 aliphatic carbocycles. The highest BCUT2D eigenvalue weighted by atomic mass is 19.1. The molecule has 0 saturated heterocycles. The fraction of sp³-hybridized carbons (Fsp3) is 0.143. The van der Waals surface area contributed by atoms with Gasteiger partial charge >= 0.3 is 0 Å². The van der Waals surface area contributed by atoms with Crippen LogP contribution in [-0.2, 0) is 18.3 Å². The minimum Gasteiger partial charge on any atom is -0.325 e. The first-order chi connectivity index (χ1) is 13.5. The van der Waals surface area contributed by atoms with Gasteiger partial charge in [-0.3, -0.25) is 14.3 Å². The Morgan fingerprint density at radius 1 is 1.25 bits per heavy atom. The molecular weight excluding hydrogens is 359 g/mol. The molecule has 0 aliphatic heterocycles. The maximum absolute atomic E-state index is 13.7. The van der Waals surface area contributed by atoms with Crippen LogP contribution in [-0.4, -0.2) is 21.5 Å². The molecule has 2 aromatic carbocycles. The predicted molar refractivity (Wildman–Crippen MR) is 99.9 cm³/mol. The molecule has 0 saturated carbocycles. The summed E-state index contributed by atoms with van der Waals surface area (Å²) in [7, 11) is 1.65. The molecule has 0 spiro atoms. The number of amides is 1. The summed E-state index contributed by atoms with van der Waals surface area (Å²) < 4.78 is 15.2. The molecule has 28 heavy (non-hydrogen) atoms. The van der Waals surface area contributed by atoms with E-state index in [0.29, 0.717) is 28.9 Å². The van der Waals surface area contributed by atoms with Crippen molar-refractivity contribution in [3.63, 3.8) is 0 Å². The highest BCUT2D eigenvalue weighted by Crippen LogP contribution is 2.39. The third-order valence-electron chi connectivity index (χ3n) is 4.77. The standard InChI is InChI=1S/C21H15FN4O2/c1-26-19-15-10-13(22)8-7-12(15)9-16(19)18(25-26)20(27)17(11-23)21(28)24-14-5-3-2-4-6-14/h2-8,10,17H,9H2,1H3,(H,24,28). The van der Waals surface area contributed by atoms with Crippen molar-refractivity contribution in [2.75, 3.05) is 5.32 Å². The molecule has 6 nitrogen and oxygen atoms in total. The van der Waals surface area contributed by atoms with Gasteiger partial charge in [-0.2, -0.15) is 10.4 Å². The second-order valence-corrected chi connectivity index (χ2v) is 6.56. The van der Waals surface area contributed by atoms with Crippen molar-refractivity contribution in [2.24, 2.45) is 13.0 Å². The summed E-state index contributed by atoms with van der Waals surface area (Å²) in [4.78, 5) is 25.5. The minimum absolute atomic E-state index is 0.0730. The number of hydrogen-bond acceptors (Lipinski definition) is 4. The number of rotatable bonds is 4. The molecule has 138 valence electrons. The van der Waals surface area contributed by atoms with Crippen molar-refractivity contribution in [2.45, 2.75) is 6.42 Å². The lowest BCUT2D eigenvalue weighted by Gasteiger charge is -2.09. The number of carbonyl (C=O) groups is 2. The van der Waals surface area contributed by atoms with Crippen LogP contribution >= 0.6 is 0 Å². The van der Waals surface area contributed by atoms with E-state index in [1.165, 1.54) is 16.8 Å². The summed E-state index contributed by atoms with van der Waals surface area (Å²) >= 11 is 0. The number of benzene rings is 2. The van der Waals surface area contributed by atoms with Gasteiger partial charge in [0, 0.05) is 30.3 Å². The van der Waals surface area contributed by atoms with Gasteiger partial charge in [0.1, 0.15) is 11.5 Å². The zero-order valence-corrected chi connectivity index (χ0v) is 14.9. The average molecular weight is 374 g/mol. The van der Waals surface area contributed by atoms with Crippen LogP contribution in [0, 0.1) is 23.1 Å². The normalized spacial score (nSPS) is 12.6. The summed E-state index contributed by atoms with van der Waals surface area (Å²) in [5.74, 6) is -3.28. The SMILES string of the molecule is Cn1nc(C(=O)C(C#N)C(=O)Nc2ccccc2)c2c1-c1cc(F)ccc1C2. The van der Waals surface area contributed by atoms with E-state index in [1.807, 2.05) is 0 Å². The highest BCUT2D eigenvalue weighted by molar-refractivity contribution is 6.16. The van der Waals surface area contributed by atoms with Gasteiger partial charge in [0.05, 0.1) is 11.8 Å². The number of anilines is 1. The maximum Gasteiger partial charge on any atom is 0.249 e. The van der Waals surface area contributed by atoms with Gasteiger partial charge in [0.25, 0.3) is 0 Å². The topological polar surface area (TPSA) is 87.8 Å². The molecule has 0 radical (unpaired) electrons. The van der Waals surface area contributed by atoms with Crippen molar-refractivity contribution < 1.29 is 14.0 Å². The number of aryl methyl sites for hydroxylation is 1. The Kier molecular flexibility index (Phi) is 4.24. The van der Waals surface area contributed by atoms with Crippen LogP contribution in [0.4, 0.5) is 10.1 Å². The number of aromatic nitrogens is 2. The van der Waals surface area contributed by atoms with E-state index in [4.69, 9.17) is 0 Å². The van der Waals surface area contributed by atoms with Gasteiger partial charge in [-0.15, -0.1) is 0 Å². The summed E-state index contributed by atoms with van der Waals surface area (Å²) in [6, 6.07) is 14.8. The first kappa shape index (κ1) is 17.6. The number of nitrogens with zero attached hydrogens (tertiary/aromatic N) is 3. The Morgan fingerprint density at radius 3 is 2.71 bits per heavy atom. The molecule has 1 unspecified atom stereocenters.